The molecule has 0 aliphatic heterocycles. The van der Waals surface area contributed by atoms with E-state index in [4.69, 9.17) is 5.73 Å². The quantitative estimate of drug-likeness (QED) is 0.900. The van der Waals surface area contributed by atoms with E-state index in [1.165, 1.54) is 6.07 Å². The average molecular weight is 279 g/mol. The highest BCUT2D eigenvalue weighted by atomic mass is 32.2. The van der Waals surface area contributed by atoms with Crippen molar-refractivity contribution in [2.75, 3.05) is 0 Å². The number of rotatable bonds is 2. The average Bonchev–Trinajstić information content (AvgIpc) is 2.24. The Morgan fingerprint density at radius 2 is 1.83 bits per heavy atom. The molecule has 2 N–H and O–H groups in total. The summed E-state index contributed by atoms with van der Waals surface area (Å²) in [6.45, 7) is 0. The first-order valence-electron chi connectivity index (χ1n) is 5.38. The normalized spacial score (nSPS) is 24.7. The van der Waals surface area contributed by atoms with E-state index in [1.807, 2.05) is 0 Å². The van der Waals surface area contributed by atoms with Crippen LogP contribution >= 0.6 is 0 Å². The van der Waals surface area contributed by atoms with Gasteiger partial charge in [-0.05, 0) is 31.0 Å². The molecule has 1 aliphatic rings. The lowest BCUT2D eigenvalue weighted by Crippen LogP contribution is -2.44. The van der Waals surface area contributed by atoms with Gasteiger partial charge in [0.15, 0.2) is 9.84 Å². The Balaban J connectivity index is 2.34. The van der Waals surface area contributed by atoms with E-state index in [0.29, 0.717) is 18.9 Å². The third kappa shape index (κ3) is 2.37. The molecule has 18 heavy (non-hydrogen) atoms. The molecule has 0 bridgehead atoms. The summed E-state index contributed by atoms with van der Waals surface area (Å²) in [5.41, 5.74) is 4.55. The largest absolute Gasteiger partial charge is 0.416 e. The Labute approximate surface area is 103 Å². The van der Waals surface area contributed by atoms with Gasteiger partial charge < -0.3 is 5.73 Å². The van der Waals surface area contributed by atoms with E-state index in [9.17, 15) is 21.6 Å². The Morgan fingerprint density at radius 1 is 1.22 bits per heavy atom. The van der Waals surface area contributed by atoms with Crippen molar-refractivity contribution < 1.29 is 21.6 Å². The summed E-state index contributed by atoms with van der Waals surface area (Å²) >= 11 is 0. The van der Waals surface area contributed by atoms with Gasteiger partial charge in [-0.3, -0.25) is 0 Å². The van der Waals surface area contributed by atoms with Gasteiger partial charge in [0.25, 0.3) is 0 Å². The molecule has 1 saturated carbocycles. The van der Waals surface area contributed by atoms with Crippen LogP contribution in [-0.4, -0.2) is 19.7 Å². The smallest absolute Gasteiger partial charge is 0.328 e. The highest BCUT2D eigenvalue weighted by Gasteiger charge is 2.39. The number of nitrogens with two attached hydrogens (primary N) is 1. The van der Waals surface area contributed by atoms with Gasteiger partial charge >= 0.3 is 6.18 Å². The molecule has 3 nitrogen and oxygen atoms in total. The second-order valence-electron chi connectivity index (χ2n) is 4.42. The molecule has 100 valence electrons. The summed E-state index contributed by atoms with van der Waals surface area (Å²) < 4.78 is 61.5. The maximum absolute atomic E-state index is 12.5. The first kappa shape index (κ1) is 13.4. The number of halogens is 3. The van der Waals surface area contributed by atoms with Crippen LogP contribution in [0.5, 0.6) is 0 Å². The van der Waals surface area contributed by atoms with Gasteiger partial charge in [0, 0.05) is 6.04 Å². The Hall–Kier alpha value is -1.08. The zero-order chi connectivity index (χ0) is 13.6. The predicted molar refractivity (Wildman–Crippen MR) is 59.6 cm³/mol. The van der Waals surface area contributed by atoms with Crippen molar-refractivity contribution in [3.05, 3.63) is 29.8 Å². The highest BCUT2D eigenvalue weighted by molar-refractivity contribution is 7.92. The van der Waals surface area contributed by atoms with E-state index in [-0.39, 0.29) is 10.9 Å². The second-order valence-corrected chi connectivity index (χ2v) is 6.65. The van der Waals surface area contributed by atoms with Gasteiger partial charge in [-0.25, -0.2) is 8.42 Å². The minimum Gasteiger partial charge on any atom is -0.328 e. The molecule has 0 heterocycles. The van der Waals surface area contributed by atoms with Crippen LogP contribution < -0.4 is 5.73 Å². The van der Waals surface area contributed by atoms with E-state index < -0.39 is 26.8 Å². The zero-order valence-corrected chi connectivity index (χ0v) is 10.1. The lowest BCUT2D eigenvalue weighted by atomic mass is 9.93. The van der Waals surface area contributed by atoms with E-state index >= 15 is 0 Å². The topological polar surface area (TPSA) is 60.2 Å². The van der Waals surface area contributed by atoms with Crippen molar-refractivity contribution in [1.29, 1.82) is 0 Å². The summed E-state index contributed by atoms with van der Waals surface area (Å²) in [6.07, 6.45) is -3.93. The van der Waals surface area contributed by atoms with Crippen LogP contribution in [0.2, 0.25) is 0 Å². The van der Waals surface area contributed by atoms with Crippen molar-refractivity contribution in [1.82, 2.24) is 0 Å². The molecule has 0 saturated heterocycles. The van der Waals surface area contributed by atoms with Crippen LogP contribution in [0.4, 0.5) is 13.2 Å². The highest BCUT2D eigenvalue weighted by Crippen LogP contribution is 2.34. The molecule has 1 aliphatic carbocycles. The number of hydrogen-bond donors (Lipinski definition) is 1. The molecule has 0 atom stereocenters. The molecule has 0 spiro atoms. The minimum atomic E-state index is -4.54. The van der Waals surface area contributed by atoms with Crippen LogP contribution in [0, 0.1) is 0 Å². The monoisotopic (exact) mass is 279 g/mol. The number of sulfone groups is 1. The Kier molecular flexibility index (Phi) is 3.14. The standard InChI is InChI=1S/C11H12F3NO2S/c12-11(13,14)7-2-1-3-9(4-7)18(16,17)10-5-8(15)6-10/h1-4,8,10H,5-6,15H2/t8-,10+. The molecule has 2 rings (SSSR count). The second kappa shape index (κ2) is 4.24. The van der Waals surface area contributed by atoms with Crippen LogP contribution in [0.15, 0.2) is 29.2 Å². The summed E-state index contributed by atoms with van der Waals surface area (Å²) in [5.74, 6) is 0. The van der Waals surface area contributed by atoms with Crippen molar-refractivity contribution in [2.24, 2.45) is 5.73 Å². The van der Waals surface area contributed by atoms with Crippen molar-refractivity contribution >= 4 is 9.84 Å². The number of benzene rings is 1. The predicted octanol–water partition coefficient (Wildman–Crippen LogP) is 1.97. The first-order chi connectivity index (χ1) is 8.21. The fourth-order valence-corrected chi connectivity index (χ4v) is 3.85. The summed E-state index contributed by atoms with van der Waals surface area (Å²) in [5, 5.41) is -0.656. The summed E-state index contributed by atoms with van der Waals surface area (Å²) in [4.78, 5) is -0.283. The molecule has 0 aromatic heterocycles. The molecular formula is C11H12F3NO2S. The SMILES string of the molecule is N[C@H]1C[C@@H](S(=O)(=O)c2cccc(C(F)(F)F)c2)C1. The molecule has 0 radical (unpaired) electrons. The van der Waals surface area contributed by atoms with E-state index in [2.05, 4.69) is 0 Å². The minimum absolute atomic E-state index is 0.171. The molecular weight excluding hydrogens is 267 g/mol. The lowest BCUT2D eigenvalue weighted by molar-refractivity contribution is -0.137. The van der Waals surface area contributed by atoms with Crippen LogP contribution in [0.1, 0.15) is 18.4 Å². The molecule has 0 amide bonds. The van der Waals surface area contributed by atoms with Crippen LogP contribution in [0.25, 0.3) is 0 Å². The van der Waals surface area contributed by atoms with E-state index in [0.717, 1.165) is 12.1 Å². The van der Waals surface area contributed by atoms with Gasteiger partial charge in [-0.15, -0.1) is 0 Å². The number of alkyl halides is 3. The van der Waals surface area contributed by atoms with Crippen molar-refractivity contribution in [3.63, 3.8) is 0 Å². The van der Waals surface area contributed by atoms with Crippen molar-refractivity contribution in [2.45, 2.75) is 35.2 Å². The maximum Gasteiger partial charge on any atom is 0.416 e. The van der Waals surface area contributed by atoms with Crippen molar-refractivity contribution in [3.8, 4) is 0 Å². The third-order valence-electron chi connectivity index (χ3n) is 3.06. The van der Waals surface area contributed by atoms with Gasteiger partial charge in [0.2, 0.25) is 0 Å². The summed E-state index contributed by atoms with van der Waals surface area (Å²) in [6, 6.07) is 3.66. The molecule has 0 unspecified atom stereocenters. The molecule has 1 aromatic rings. The fourth-order valence-electron chi connectivity index (χ4n) is 1.90. The number of hydrogen-bond acceptors (Lipinski definition) is 3. The Bertz CT molecular complexity index is 548. The van der Waals surface area contributed by atoms with Gasteiger partial charge in [0.05, 0.1) is 15.7 Å². The lowest BCUT2D eigenvalue weighted by Gasteiger charge is -2.31. The van der Waals surface area contributed by atoms with Gasteiger partial charge in [-0.2, -0.15) is 13.2 Å². The van der Waals surface area contributed by atoms with Crippen LogP contribution in [-0.2, 0) is 16.0 Å². The van der Waals surface area contributed by atoms with Gasteiger partial charge in [0.1, 0.15) is 0 Å². The summed E-state index contributed by atoms with van der Waals surface area (Å²) in [7, 11) is -3.70. The molecule has 1 aromatic carbocycles. The maximum atomic E-state index is 12.5. The Morgan fingerprint density at radius 3 is 2.33 bits per heavy atom. The third-order valence-corrected chi connectivity index (χ3v) is 5.23. The van der Waals surface area contributed by atoms with Gasteiger partial charge in [-0.1, -0.05) is 6.07 Å². The first-order valence-corrected chi connectivity index (χ1v) is 6.92. The molecule has 1 fully saturated rings. The molecule has 7 heteroatoms. The fraction of sp³-hybridized carbons (Fsp3) is 0.455. The van der Waals surface area contributed by atoms with E-state index in [1.54, 1.807) is 0 Å². The van der Waals surface area contributed by atoms with Crippen LogP contribution in [0.3, 0.4) is 0 Å². The zero-order valence-electron chi connectivity index (χ0n) is 9.31.